The number of carbonyl (C=O) groups excluding carboxylic acids is 2. The molecule has 0 spiro atoms. The van der Waals surface area contributed by atoms with E-state index in [-0.39, 0.29) is 24.5 Å². The van der Waals surface area contributed by atoms with E-state index in [2.05, 4.69) is 17.9 Å². The summed E-state index contributed by atoms with van der Waals surface area (Å²) in [6.07, 6.45) is 1.03. The normalized spacial score (nSPS) is 19.1. The number of carboxylic acids is 1. The summed E-state index contributed by atoms with van der Waals surface area (Å²) in [4.78, 5) is 38.2. The first kappa shape index (κ1) is 22.5. The van der Waals surface area contributed by atoms with Crippen LogP contribution in [0.1, 0.15) is 30.0 Å². The number of amides is 2. The average molecular weight is 445 g/mol. The van der Waals surface area contributed by atoms with Crippen molar-refractivity contribution >= 4 is 30.4 Å². The molecule has 0 aromatic heterocycles. The second-order valence-electron chi connectivity index (χ2n) is 7.45. The zero-order valence-corrected chi connectivity index (χ0v) is 17.5. The molecule has 0 radical (unpaired) electrons. The Labute approximate surface area is 184 Å². The van der Waals surface area contributed by atoms with E-state index in [0.717, 1.165) is 5.56 Å². The molecular weight excluding hydrogens is 420 g/mol. The minimum Gasteiger partial charge on any atom is -0.508 e. The van der Waals surface area contributed by atoms with Gasteiger partial charge < -0.3 is 25.5 Å². The Bertz CT molecular complexity index is 965. The van der Waals surface area contributed by atoms with E-state index in [9.17, 15) is 29.7 Å². The molecule has 2 amide bonds. The lowest BCUT2D eigenvalue weighted by Gasteiger charge is -2.29. The van der Waals surface area contributed by atoms with Crippen LogP contribution in [0.5, 0.6) is 11.5 Å². The molecule has 0 bridgehead atoms. The lowest BCUT2D eigenvalue weighted by atomic mass is 10.0. The highest BCUT2D eigenvalue weighted by Gasteiger charge is 2.41. The van der Waals surface area contributed by atoms with Crippen LogP contribution in [-0.2, 0) is 20.8 Å². The number of rotatable bonds is 7. The van der Waals surface area contributed by atoms with Gasteiger partial charge in [-0.15, -0.1) is 0 Å². The Hall–Kier alpha value is -3.20. The van der Waals surface area contributed by atoms with Gasteiger partial charge in [-0.2, -0.15) is 12.6 Å². The first-order chi connectivity index (χ1) is 14.8. The smallest absolute Gasteiger partial charge is 0.326 e. The van der Waals surface area contributed by atoms with Crippen molar-refractivity contribution in [3.05, 3.63) is 59.7 Å². The molecule has 0 unspecified atom stereocenters. The molecular formula is C22H24N2O6S. The quantitative estimate of drug-likeness (QED) is 0.415. The molecule has 3 rings (SSSR count). The highest BCUT2D eigenvalue weighted by molar-refractivity contribution is 7.81. The van der Waals surface area contributed by atoms with Crippen LogP contribution in [-0.4, -0.2) is 55.8 Å². The Morgan fingerprint density at radius 2 is 1.77 bits per heavy atom. The fourth-order valence-electron chi connectivity index (χ4n) is 3.78. The number of thiol groups is 1. The molecule has 0 aliphatic carbocycles. The fraction of sp³-hybridized carbons (Fsp3) is 0.318. The molecule has 1 heterocycles. The summed E-state index contributed by atoms with van der Waals surface area (Å²) in [5.74, 6) is -1.93. The van der Waals surface area contributed by atoms with E-state index in [4.69, 9.17) is 0 Å². The number of hydrogen-bond donors (Lipinski definition) is 5. The monoisotopic (exact) mass is 444 g/mol. The number of phenols is 2. The van der Waals surface area contributed by atoms with Gasteiger partial charge in [0, 0.05) is 0 Å². The summed E-state index contributed by atoms with van der Waals surface area (Å²) in [6.45, 7) is -0.357. The van der Waals surface area contributed by atoms with Crippen LogP contribution in [0.4, 0.5) is 0 Å². The number of aromatic hydroxyl groups is 2. The molecule has 2 aromatic carbocycles. The van der Waals surface area contributed by atoms with Crippen LogP contribution in [0.3, 0.4) is 0 Å². The maximum absolute atomic E-state index is 12.9. The standard InChI is InChI=1S/C22H24N2O6S/c25-15-6-4-13(5-7-15)10-19(31)21(28)23-12-20(27)24-17(8-9-18(24)22(29)30)14-2-1-3-16(26)11-14/h1-7,11,17-19,25-26,31H,8-10,12H2,(H,23,28)(H,29,30)/t17-,18+,19+/m1/s1. The third-order valence-electron chi connectivity index (χ3n) is 5.30. The van der Waals surface area contributed by atoms with Crippen LogP contribution < -0.4 is 5.32 Å². The molecule has 1 aliphatic rings. The Morgan fingerprint density at radius 3 is 2.42 bits per heavy atom. The van der Waals surface area contributed by atoms with Gasteiger partial charge in [0.2, 0.25) is 11.8 Å². The summed E-state index contributed by atoms with van der Waals surface area (Å²) >= 11 is 4.29. The first-order valence-corrected chi connectivity index (χ1v) is 10.3. The molecule has 2 aromatic rings. The Morgan fingerprint density at radius 1 is 1.06 bits per heavy atom. The van der Waals surface area contributed by atoms with Crippen molar-refractivity contribution in [2.45, 2.75) is 36.6 Å². The number of nitrogens with one attached hydrogen (secondary N) is 1. The lowest BCUT2D eigenvalue weighted by molar-refractivity contribution is -0.149. The number of likely N-dealkylation sites (tertiary alicyclic amines) is 1. The number of carboxylic acid groups (broad SMARTS) is 1. The zero-order chi connectivity index (χ0) is 22.5. The van der Waals surface area contributed by atoms with Gasteiger partial charge >= 0.3 is 5.97 Å². The maximum atomic E-state index is 12.9. The molecule has 0 saturated carbocycles. The summed E-state index contributed by atoms with van der Waals surface area (Å²) in [6, 6.07) is 11.3. The van der Waals surface area contributed by atoms with Crippen LogP contribution in [0.2, 0.25) is 0 Å². The third kappa shape index (κ3) is 5.49. The van der Waals surface area contributed by atoms with Gasteiger partial charge in [-0.1, -0.05) is 24.3 Å². The Kier molecular flexibility index (Phi) is 7.06. The summed E-state index contributed by atoms with van der Waals surface area (Å²) in [5, 5.41) is 30.4. The van der Waals surface area contributed by atoms with Gasteiger partial charge in [0.1, 0.15) is 17.5 Å². The van der Waals surface area contributed by atoms with Gasteiger partial charge in [0.15, 0.2) is 0 Å². The molecule has 9 heteroatoms. The van der Waals surface area contributed by atoms with Crippen molar-refractivity contribution in [3.63, 3.8) is 0 Å². The minimum absolute atomic E-state index is 0.0316. The number of phenolic OH excluding ortho intramolecular Hbond substituents is 2. The summed E-state index contributed by atoms with van der Waals surface area (Å²) in [5.41, 5.74) is 1.44. The lowest BCUT2D eigenvalue weighted by Crippen LogP contribution is -2.47. The first-order valence-electron chi connectivity index (χ1n) is 9.83. The number of hydrogen-bond acceptors (Lipinski definition) is 6. The summed E-state index contributed by atoms with van der Waals surface area (Å²) < 4.78 is 0. The minimum atomic E-state index is -1.11. The van der Waals surface area contributed by atoms with Crippen molar-refractivity contribution in [2.75, 3.05) is 6.54 Å². The highest BCUT2D eigenvalue weighted by Crippen LogP contribution is 2.37. The molecule has 164 valence electrons. The maximum Gasteiger partial charge on any atom is 0.326 e. The molecule has 1 aliphatic heterocycles. The average Bonchev–Trinajstić information content (AvgIpc) is 3.19. The van der Waals surface area contributed by atoms with E-state index in [1.54, 1.807) is 24.3 Å². The number of benzene rings is 2. The highest BCUT2D eigenvalue weighted by atomic mass is 32.1. The number of nitrogens with zero attached hydrogens (tertiary/aromatic N) is 1. The largest absolute Gasteiger partial charge is 0.508 e. The topological polar surface area (TPSA) is 127 Å². The number of carbonyl (C=O) groups is 3. The third-order valence-corrected chi connectivity index (χ3v) is 5.71. The van der Waals surface area contributed by atoms with Crippen molar-refractivity contribution < 1.29 is 29.7 Å². The second-order valence-corrected chi connectivity index (χ2v) is 8.07. The fourth-order valence-corrected chi connectivity index (χ4v) is 4.08. The van der Waals surface area contributed by atoms with Crippen molar-refractivity contribution in [2.24, 2.45) is 0 Å². The SMILES string of the molecule is O=C(NCC(=O)N1[C@@H](c2cccc(O)c2)CC[C@H]1C(=O)O)[C@@H](S)Cc1ccc(O)cc1. The molecule has 31 heavy (non-hydrogen) atoms. The molecule has 8 nitrogen and oxygen atoms in total. The van der Waals surface area contributed by atoms with Gasteiger partial charge in [-0.05, 0) is 54.7 Å². The zero-order valence-electron chi connectivity index (χ0n) is 16.6. The van der Waals surface area contributed by atoms with Crippen molar-refractivity contribution in [3.8, 4) is 11.5 Å². The van der Waals surface area contributed by atoms with E-state index in [1.807, 2.05) is 0 Å². The van der Waals surface area contributed by atoms with E-state index >= 15 is 0 Å². The van der Waals surface area contributed by atoms with Gasteiger partial charge in [-0.25, -0.2) is 4.79 Å². The van der Waals surface area contributed by atoms with Gasteiger partial charge in [-0.3, -0.25) is 9.59 Å². The predicted octanol–water partition coefficient (Wildman–Crippen LogP) is 1.87. The van der Waals surface area contributed by atoms with Gasteiger partial charge in [0.05, 0.1) is 17.8 Å². The Balaban J connectivity index is 1.65. The van der Waals surface area contributed by atoms with Crippen molar-refractivity contribution in [1.29, 1.82) is 0 Å². The molecule has 4 N–H and O–H groups in total. The van der Waals surface area contributed by atoms with Gasteiger partial charge in [0.25, 0.3) is 0 Å². The summed E-state index contributed by atoms with van der Waals surface area (Å²) in [7, 11) is 0. The van der Waals surface area contributed by atoms with Crippen LogP contribution in [0.15, 0.2) is 48.5 Å². The van der Waals surface area contributed by atoms with E-state index < -0.39 is 35.1 Å². The molecule has 1 saturated heterocycles. The van der Waals surface area contributed by atoms with Crippen LogP contribution >= 0.6 is 12.6 Å². The van der Waals surface area contributed by atoms with E-state index in [0.29, 0.717) is 18.4 Å². The number of aliphatic carboxylic acids is 1. The van der Waals surface area contributed by atoms with Crippen LogP contribution in [0.25, 0.3) is 0 Å². The molecule has 3 atom stereocenters. The van der Waals surface area contributed by atoms with Crippen LogP contribution in [0, 0.1) is 0 Å². The second kappa shape index (κ2) is 9.74. The predicted molar refractivity (Wildman–Crippen MR) is 116 cm³/mol. The van der Waals surface area contributed by atoms with Crippen molar-refractivity contribution in [1.82, 2.24) is 10.2 Å². The van der Waals surface area contributed by atoms with E-state index in [1.165, 1.54) is 29.2 Å². The molecule has 1 fully saturated rings.